The predicted molar refractivity (Wildman–Crippen MR) is 83.4 cm³/mol. The van der Waals surface area contributed by atoms with Gasteiger partial charge in [0, 0.05) is 5.02 Å². The Hall–Kier alpha value is -2.47. The van der Waals surface area contributed by atoms with Gasteiger partial charge in [0.2, 0.25) is 0 Å². The third kappa shape index (κ3) is 2.90. The molecule has 0 radical (unpaired) electrons. The van der Waals surface area contributed by atoms with E-state index in [-0.39, 0.29) is 11.4 Å². The molecule has 0 unspecified atom stereocenters. The summed E-state index contributed by atoms with van der Waals surface area (Å²) in [4.78, 5) is 0. The molecule has 118 valence electrons. The van der Waals surface area contributed by atoms with E-state index in [9.17, 15) is 13.2 Å². The zero-order valence-corrected chi connectivity index (χ0v) is 12.4. The van der Waals surface area contributed by atoms with Crippen molar-refractivity contribution in [2.45, 2.75) is 6.18 Å². The summed E-state index contributed by atoms with van der Waals surface area (Å²) in [5.41, 5.74) is 5.58. The Morgan fingerprint density at radius 2 is 1.57 bits per heavy atom. The van der Waals surface area contributed by atoms with E-state index < -0.39 is 11.9 Å². The number of aromatic nitrogens is 2. The number of alkyl halides is 3. The SMILES string of the molecule is Nc1c(-c2ccccc2)c(C(F)(F)F)nn1-c1ccc(Cl)cc1. The van der Waals surface area contributed by atoms with Crippen LogP contribution >= 0.6 is 11.6 Å². The number of rotatable bonds is 2. The number of nitrogens with two attached hydrogens (primary N) is 1. The molecule has 7 heteroatoms. The van der Waals surface area contributed by atoms with Crippen molar-refractivity contribution >= 4 is 17.4 Å². The monoisotopic (exact) mass is 337 g/mol. The molecule has 3 rings (SSSR count). The minimum Gasteiger partial charge on any atom is -0.383 e. The Balaban J connectivity index is 2.25. The summed E-state index contributed by atoms with van der Waals surface area (Å²) in [7, 11) is 0. The van der Waals surface area contributed by atoms with Gasteiger partial charge in [0.15, 0.2) is 5.69 Å². The van der Waals surface area contributed by atoms with Gasteiger partial charge in [-0.15, -0.1) is 0 Å². The first-order chi connectivity index (χ1) is 10.9. The van der Waals surface area contributed by atoms with Crippen LogP contribution in [0.2, 0.25) is 5.02 Å². The highest BCUT2D eigenvalue weighted by Gasteiger charge is 2.39. The molecule has 3 nitrogen and oxygen atoms in total. The van der Waals surface area contributed by atoms with E-state index in [1.54, 1.807) is 54.6 Å². The molecule has 0 aliphatic rings. The van der Waals surface area contributed by atoms with Gasteiger partial charge in [-0.3, -0.25) is 0 Å². The first-order valence-electron chi connectivity index (χ1n) is 6.65. The largest absolute Gasteiger partial charge is 0.435 e. The molecule has 0 amide bonds. The summed E-state index contributed by atoms with van der Waals surface area (Å²) in [5.74, 6) is -0.0779. The Kier molecular flexibility index (Phi) is 3.77. The highest BCUT2D eigenvalue weighted by molar-refractivity contribution is 6.30. The number of hydrogen-bond acceptors (Lipinski definition) is 2. The third-order valence-corrected chi connectivity index (χ3v) is 3.58. The molecular formula is C16H11ClF3N3. The normalized spacial score (nSPS) is 11.7. The van der Waals surface area contributed by atoms with Gasteiger partial charge in [-0.2, -0.15) is 18.3 Å². The molecule has 2 N–H and O–H groups in total. The summed E-state index contributed by atoms with van der Waals surface area (Å²) < 4.78 is 41.1. The van der Waals surface area contributed by atoms with E-state index in [2.05, 4.69) is 5.10 Å². The minimum atomic E-state index is -4.61. The molecule has 0 bridgehead atoms. The van der Waals surface area contributed by atoms with E-state index in [1.165, 1.54) is 0 Å². The Bertz CT molecular complexity index is 824. The predicted octanol–water partition coefficient (Wildman–Crippen LogP) is 4.79. The number of nitrogens with zero attached hydrogens (tertiary/aromatic N) is 2. The molecule has 0 aliphatic heterocycles. The first kappa shape index (κ1) is 15.4. The van der Waals surface area contributed by atoms with Gasteiger partial charge in [0.1, 0.15) is 5.82 Å². The van der Waals surface area contributed by atoms with Crippen molar-refractivity contribution in [2.75, 3.05) is 5.73 Å². The van der Waals surface area contributed by atoms with Gasteiger partial charge in [-0.25, -0.2) is 4.68 Å². The van der Waals surface area contributed by atoms with Crippen LogP contribution in [-0.4, -0.2) is 9.78 Å². The summed E-state index contributed by atoms with van der Waals surface area (Å²) in [6.45, 7) is 0. The standard InChI is InChI=1S/C16H11ClF3N3/c17-11-6-8-12(9-7-11)23-15(21)13(10-4-2-1-3-5-10)14(22-23)16(18,19)20/h1-9H,21H2. The van der Waals surface area contributed by atoms with E-state index in [0.29, 0.717) is 16.3 Å². The van der Waals surface area contributed by atoms with Crippen LogP contribution in [0.4, 0.5) is 19.0 Å². The molecule has 0 spiro atoms. The number of benzene rings is 2. The molecule has 0 saturated carbocycles. The minimum absolute atomic E-state index is 0.0779. The molecular weight excluding hydrogens is 327 g/mol. The lowest BCUT2D eigenvalue weighted by molar-refractivity contribution is -0.140. The van der Waals surface area contributed by atoms with Crippen LogP contribution in [0.3, 0.4) is 0 Å². The van der Waals surface area contributed by atoms with Gasteiger partial charge in [0.05, 0.1) is 11.3 Å². The van der Waals surface area contributed by atoms with E-state index >= 15 is 0 Å². The van der Waals surface area contributed by atoms with Gasteiger partial charge < -0.3 is 5.73 Å². The van der Waals surface area contributed by atoms with Crippen molar-refractivity contribution < 1.29 is 13.2 Å². The van der Waals surface area contributed by atoms with Crippen molar-refractivity contribution in [3.63, 3.8) is 0 Å². The summed E-state index contributed by atoms with van der Waals surface area (Å²) in [6, 6.07) is 14.4. The number of anilines is 1. The fraction of sp³-hybridized carbons (Fsp3) is 0.0625. The zero-order valence-electron chi connectivity index (χ0n) is 11.7. The maximum absolute atomic E-state index is 13.4. The summed E-state index contributed by atoms with van der Waals surface area (Å²) in [6.07, 6.45) is -4.61. The van der Waals surface area contributed by atoms with Crippen molar-refractivity contribution in [2.24, 2.45) is 0 Å². The van der Waals surface area contributed by atoms with Crippen molar-refractivity contribution in [1.29, 1.82) is 0 Å². The molecule has 0 saturated heterocycles. The van der Waals surface area contributed by atoms with Crippen LogP contribution in [0.5, 0.6) is 0 Å². The second-order valence-corrected chi connectivity index (χ2v) is 5.30. The highest BCUT2D eigenvalue weighted by Crippen LogP contribution is 2.40. The van der Waals surface area contributed by atoms with E-state index in [0.717, 1.165) is 4.68 Å². The maximum atomic E-state index is 13.4. The van der Waals surface area contributed by atoms with Crippen LogP contribution in [0.25, 0.3) is 16.8 Å². The Morgan fingerprint density at radius 3 is 2.13 bits per heavy atom. The Labute approximate surface area is 135 Å². The van der Waals surface area contributed by atoms with Crippen LogP contribution < -0.4 is 5.73 Å². The van der Waals surface area contributed by atoms with Crippen LogP contribution in [-0.2, 0) is 6.18 Å². The molecule has 2 aromatic carbocycles. The Morgan fingerprint density at radius 1 is 0.957 bits per heavy atom. The molecule has 1 heterocycles. The fourth-order valence-corrected chi connectivity index (χ4v) is 2.42. The molecule has 1 aromatic heterocycles. The second kappa shape index (κ2) is 5.62. The maximum Gasteiger partial charge on any atom is 0.435 e. The van der Waals surface area contributed by atoms with Gasteiger partial charge in [-0.1, -0.05) is 41.9 Å². The van der Waals surface area contributed by atoms with Gasteiger partial charge in [0.25, 0.3) is 0 Å². The second-order valence-electron chi connectivity index (χ2n) is 4.86. The lowest BCUT2D eigenvalue weighted by atomic mass is 10.1. The molecule has 0 aliphatic carbocycles. The van der Waals surface area contributed by atoms with Crippen LogP contribution in [0.1, 0.15) is 5.69 Å². The lowest BCUT2D eigenvalue weighted by Gasteiger charge is -2.06. The number of halogens is 4. The van der Waals surface area contributed by atoms with E-state index in [4.69, 9.17) is 17.3 Å². The summed E-state index contributed by atoms with van der Waals surface area (Å²) >= 11 is 5.80. The fourth-order valence-electron chi connectivity index (χ4n) is 2.30. The lowest BCUT2D eigenvalue weighted by Crippen LogP contribution is -2.08. The first-order valence-corrected chi connectivity index (χ1v) is 7.03. The van der Waals surface area contributed by atoms with Gasteiger partial charge >= 0.3 is 6.18 Å². The average molecular weight is 338 g/mol. The highest BCUT2D eigenvalue weighted by atomic mass is 35.5. The molecule has 0 atom stereocenters. The van der Waals surface area contributed by atoms with Crippen molar-refractivity contribution in [3.05, 3.63) is 65.3 Å². The zero-order chi connectivity index (χ0) is 16.6. The summed E-state index contributed by atoms with van der Waals surface area (Å²) in [5, 5.41) is 4.15. The van der Waals surface area contributed by atoms with Gasteiger partial charge in [-0.05, 0) is 29.8 Å². The topological polar surface area (TPSA) is 43.8 Å². The smallest absolute Gasteiger partial charge is 0.383 e. The molecule has 23 heavy (non-hydrogen) atoms. The molecule has 3 aromatic rings. The third-order valence-electron chi connectivity index (χ3n) is 3.32. The quantitative estimate of drug-likeness (QED) is 0.730. The molecule has 0 fully saturated rings. The van der Waals surface area contributed by atoms with E-state index in [1.807, 2.05) is 0 Å². The van der Waals surface area contributed by atoms with Crippen LogP contribution in [0.15, 0.2) is 54.6 Å². The van der Waals surface area contributed by atoms with Crippen molar-refractivity contribution in [3.8, 4) is 16.8 Å². The average Bonchev–Trinajstić information content (AvgIpc) is 2.87. The number of nitrogen functional groups attached to an aromatic ring is 1. The van der Waals surface area contributed by atoms with Crippen LogP contribution in [0, 0.1) is 0 Å². The number of hydrogen-bond donors (Lipinski definition) is 1. The van der Waals surface area contributed by atoms with Crippen molar-refractivity contribution in [1.82, 2.24) is 9.78 Å².